The van der Waals surface area contributed by atoms with Crippen LogP contribution in [0.3, 0.4) is 0 Å². The smallest absolute Gasteiger partial charge is 0.235 e. The van der Waals surface area contributed by atoms with Crippen LogP contribution in [-0.4, -0.2) is 12.7 Å². The standard InChI is InChI=1S/C14H14FNO2/c15-11-5-4-10-3-1-8-18-13(10)12(11)14(16-9-17)6-2-7-14/h4-5H,1-3,6-8H2. The lowest BCUT2D eigenvalue weighted by Gasteiger charge is -2.39. The summed E-state index contributed by atoms with van der Waals surface area (Å²) in [6.45, 7) is 0.602. The highest BCUT2D eigenvalue weighted by atomic mass is 19.1. The molecule has 2 aliphatic rings. The SMILES string of the molecule is O=C=NC1(c2c(F)ccc3c2OCCC3)CCC1. The average molecular weight is 247 g/mol. The fourth-order valence-corrected chi connectivity index (χ4v) is 2.85. The van der Waals surface area contributed by atoms with Gasteiger partial charge in [0, 0.05) is 0 Å². The number of isocyanates is 1. The lowest BCUT2D eigenvalue weighted by Crippen LogP contribution is -2.34. The molecule has 0 unspecified atom stereocenters. The van der Waals surface area contributed by atoms with Gasteiger partial charge in [-0.3, -0.25) is 0 Å². The van der Waals surface area contributed by atoms with Gasteiger partial charge in [0.2, 0.25) is 6.08 Å². The lowest BCUT2D eigenvalue weighted by atomic mass is 9.71. The lowest BCUT2D eigenvalue weighted by molar-refractivity contribution is 0.221. The van der Waals surface area contributed by atoms with Gasteiger partial charge < -0.3 is 4.74 Å². The summed E-state index contributed by atoms with van der Waals surface area (Å²) in [5, 5.41) is 0. The molecule has 0 amide bonds. The Morgan fingerprint density at radius 2 is 2.17 bits per heavy atom. The minimum atomic E-state index is -0.728. The highest BCUT2D eigenvalue weighted by molar-refractivity contribution is 5.50. The highest BCUT2D eigenvalue weighted by Crippen LogP contribution is 2.50. The number of hydrogen-bond acceptors (Lipinski definition) is 3. The summed E-state index contributed by atoms with van der Waals surface area (Å²) < 4.78 is 19.8. The first-order valence-corrected chi connectivity index (χ1v) is 6.30. The predicted octanol–water partition coefficient (Wildman–Crippen LogP) is 2.87. The van der Waals surface area contributed by atoms with E-state index in [4.69, 9.17) is 4.74 Å². The minimum Gasteiger partial charge on any atom is -0.493 e. The molecule has 94 valence electrons. The molecular weight excluding hydrogens is 233 g/mol. The Labute approximate surface area is 105 Å². The fraction of sp³-hybridized carbons (Fsp3) is 0.500. The first-order chi connectivity index (χ1) is 8.77. The summed E-state index contributed by atoms with van der Waals surface area (Å²) in [6.07, 6.45) is 5.77. The van der Waals surface area contributed by atoms with Crippen molar-refractivity contribution in [3.63, 3.8) is 0 Å². The molecule has 18 heavy (non-hydrogen) atoms. The van der Waals surface area contributed by atoms with Crippen molar-refractivity contribution < 1.29 is 13.9 Å². The molecule has 0 bridgehead atoms. The van der Waals surface area contributed by atoms with Gasteiger partial charge in [-0.15, -0.1) is 0 Å². The van der Waals surface area contributed by atoms with E-state index < -0.39 is 5.54 Å². The van der Waals surface area contributed by atoms with Crippen LogP contribution in [0.15, 0.2) is 17.1 Å². The van der Waals surface area contributed by atoms with Crippen molar-refractivity contribution in [1.82, 2.24) is 0 Å². The summed E-state index contributed by atoms with van der Waals surface area (Å²) in [4.78, 5) is 14.5. The van der Waals surface area contributed by atoms with Gasteiger partial charge in [-0.2, -0.15) is 4.99 Å². The fourth-order valence-electron chi connectivity index (χ4n) is 2.85. The number of rotatable bonds is 2. The molecule has 0 radical (unpaired) electrons. The molecule has 1 aliphatic carbocycles. The number of benzene rings is 1. The largest absolute Gasteiger partial charge is 0.493 e. The molecule has 1 aromatic rings. The van der Waals surface area contributed by atoms with Gasteiger partial charge in [0.05, 0.1) is 12.2 Å². The van der Waals surface area contributed by atoms with Crippen LogP contribution in [0.25, 0.3) is 0 Å². The van der Waals surface area contributed by atoms with Gasteiger partial charge in [0.15, 0.2) is 0 Å². The first-order valence-electron chi connectivity index (χ1n) is 6.30. The van der Waals surface area contributed by atoms with Gasteiger partial charge in [-0.1, -0.05) is 6.07 Å². The van der Waals surface area contributed by atoms with E-state index in [-0.39, 0.29) is 5.82 Å². The van der Waals surface area contributed by atoms with E-state index in [0.717, 1.165) is 24.8 Å². The summed E-state index contributed by atoms with van der Waals surface area (Å²) in [5.41, 5.74) is 0.758. The number of carbonyl (C=O) groups excluding carboxylic acids is 1. The second kappa shape index (κ2) is 4.21. The first kappa shape index (κ1) is 11.4. The monoisotopic (exact) mass is 247 g/mol. The third kappa shape index (κ3) is 1.57. The average Bonchev–Trinajstić information content (AvgIpc) is 2.35. The summed E-state index contributed by atoms with van der Waals surface area (Å²) in [5.74, 6) is 0.286. The van der Waals surface area contributed by atoms with Crippen LogP contribution in [0, 0.1) is 5.82 Å². The van der Waals surface area contributed by atoms with Crippen molar-refractivity contribution >= 4 is 6.08 Å². The van der Waals surface area contributed by atoms with Crippen molar-refractivity contribution in [3.05, 3.63) is 29.1 Å². The van der Waals surface area contributed by atoms with Gasteiger partial charge in [-0.25, -0.2) is 9.18 Å². The molecule has 0 atom stereocenters. The molecule has 3 rings (SSSR count). The minimum absolute atomic E-state index is 0.325. The molecule has 1 aliphatic heterocycles. The molecule has 1 heterocycles. The molecular formula is C14H14FNO2. The number of aliphatic imine (C=N–C) groups is 1. The maximum absolute atomic E-state index is 14.1. The Kier molecular flexibility index (Phi) is 2.67. The number of hydrogen-bond donors (Lipinski definition) is 0. The van der Waals surface area contributed by atoms with E-state index in [1.807, 2.05) is 0 Å². The molecule has 0 N–H and O–H groups in total. The Hall–Kier alpha value is -1.67. The Morgan fingerprint density at radius 3 is 2.83 bits per heavy atom. The summed E-state index contributed by atoms with van der Waals surface area (Å²) >= 11 is 0. The number of halogens is 1. The normalized spacial score (nSPS) is 20.1. The van der Waals surface area contributed by atoms with Crippen LogP contribution >= 0.6 is 0 Å². The number of ether oxygens (including phenoxy) is 1. The molecule has 0 aromatic heterocycles. The summed E-state index contributed by atoms with van der Waals surface area (Å²) in [6, 6.07) is 3.23. The summed E-state index contributed by atoms with van der Waals surface area (Å²) in [7, 11) is 0. The van der Waals surface area contributed by atoms with Crippen molar-refractivity contribution in [2.75, 3.05) is 6.61 Å². The molecule has 4 heteroatoms. The second-order valence-corrected chi connectivity index (χ2v) is 4.95. The second-order valence-electron chi connectivity index (χ2n) is 4.95. The van der Waals surface area contributed by atoms with Crippen molar-refractivity contribution in [2.24, 2.45) is 4.99 Å². The van der Waals surface area contributed by atoms with Crippen LogP contribution in [0.1, 0.15) is 36.8 Å². The predicted molar refractivity (Wildman–Crippen MR) is 63.9 cm³/mol. The van der Waals surface area contributed by atoms with Crippen molar-refractivity contribution in [3.8, 4) is 5.75 Å². The molecule has 1 fully saturated rings. The number of aryl methyl sites for hydroxylation is 1. The molecule has 0 spiro atoms. The van der Waals surface area contributed by atoms with Crippen LogP contribution in [-0.2, 0) is 16.8 Å². The third-order valence-corrected chi connectivity index (χ3v) is 3.93. The van der Waals surface area contributed by atoms with E-state index in [0.29, 0.717) is 30.8 Å². The number of fused-ring (bicyclic) bond motifs is 1. The van der Waals surface area contributed by atoms with Crippen LogP contribution in [0.5, 0.6) is 5.75 Å². The Morgan fingerprint density at radius 1 is 1.33 bits per heavy atom. The maximum atomic E-state index is 14.1. The zero-order chi connectivity index (χ0) is 12.6. The van der Waals surface area contributed by atoms with Crippen LogP contribution in [0.2, 0.25) is 0 Å². The Balaban J connectivity index is 2.18. The zero-order valence-electron chi connectivity index (χ0n) is 10.0. The molecule has 1 aromatic carbocycles. The third-order valence-electron chi connectivity index (χ3n) is 3.93. The van der Waals surface area contributed by atoms with Crippen LogP contribution in [0.4, 0.5) is 4.39 Å². The molecule has 1 saturated carbocycles. The van der Waals surface area contributed by atoms with E-state index in [9.17, 15) is 9.18 Å². The van der Waals surface area contributed by atoms with Crippen molar-refractivity contribution in [2.45, 2.75) is 37.6 Å². The van der Waals surface area contributed by atoms with Crippen LogP contribution < -0.4 is 4.74 Å². The number of nitrogens with zero attached hydrogens (tertiary/aromatic N) is 1. The van der Waals surface area contributed by atoms with Gasteiger partial charge in [-0.05, 0) is 43.7 Å². The van der Waals surface area contributed by atoms with Gasteiger partial charge in [0.25, 0.3) is 0 Å². The topological polar surface area (TPSA) is 38.7 Å². The Bertz CT molecular complexity index is 531. The quantitative estimate of drug-likeness (QED) is 0.595. The van der Waals surface area contributed by atoms with Gasteiger partial charge >= 0.3 is 0 Å². The van der Waals surface area contributed by atoms with Gasteiger partial charge in [0.1, 0.15) is 17.1 Å². The van der Waals surface area contributed by atoms with E-state index >= 15 is 0 Å². The van der Waals surface area contributed by atoms with E-state index in [1.54, 1.807) is 12.1 Å². The molecule has 3 nitrogen and oxygen atoms in total. The highest BCUT2D eigenvalue weighted by Gasteiger charge is 2.44. The van der Waals surface area contributed by atoms with E-state index in [1.165, 1.54) is 6.07 Å². The molecule has 0 saturated heterocycles. The zero-order valence-corrected chi connectivity index (χ0v) is 10.0. The van der Waals surface area contributed by atoms with Crippen molar-refractivity contribution in [1.29, 1.82) is 0 Å². The van der Waals surface area contributed by atoms with E-state index in [2.05, 4.69) is 4.99 Å². The maximum Gasteiger partial charge on any atom is 0.235 e.